The van der Waals surface area contributed by atoms with E-state index in [9.17, 15) is 0 Å². The maximum Gasteiger partial charge on any atom is 0.183 e. The van der Waals surface area contributed by atoms with E-state index in [1.54, 1.807) is 11.8 Å². The standard InChI is InChI=1S/C7H13N3S/c1-3-5-9-7(10-6-8)11-4-2/h3-5H2,1-2H3,(H,9,10). The average Bonchev–Trinajstić information content (AvgIpc) is 2.01. The van der Waals surface area contributed by atoms with Gasteiger partial charge in [0.05, 0.1) is 0 Å². The molecule has 0 bridgehead atoms. The third-order valence-electron chi connectivity index (χ3n) is 0.923. The predicted octanol–water partition coefficient (Wildman–Crippen LogP) is 1.58. The molecular formula is C7H13N3S. The molecule has 0 atom stereocenters. The van der Waals surface area contributed by atoms with Gasteiger partial charge in [0.1, 0.15) is 0 Å². The van der Waals surface area contributed by atoms with Gasteiger partial charge in [-0.25, -0.2) is 0 Å². The Morgan fingerprint density at radius 1 is 1.64 bits per heavy atom. The number of nitrogens with one attached hydrogen (secondary N) is 1. The molecule has 0 amide bonds. The van der Waals surface area contributed by atoms with Gasteiger partial charge in [-0.05, 0) is 12.2 Å². The second-order valence-electron chi connectivity index (χ2n) is 1.86. The van der Waals surface area contributed by atoms with Crippen molar-refractivity contribution in [3.8, 4) is 6.19 Å². The predicted molar refractivity (Wildman–Crippen MR) is 49.5 cm³/mol. The van der Waals surface area contributed by atoms with Crippen molar-refractivity contribution in [2.24, 2.45) is 4.99 Å². The smallest absolute Gasteiger partial charge is 0.183 e. The first-order valence-corrected chi connectivity index (χ1v) is 4.66. The molecule has 0 saturated heterocycles. The Kier molecular flexibility index (Phi) is 6.95. The van der Waals surface area contributed by atoms with Crippen molar-refractivity contribution in [3.05, 3.63) is 0 Å². The third kappa shape index (κ3) is 5.74. The zero-order valence-electron chi connectivity index (χ0n) is 6.92. The maximum atomic E-state index is 8.31. The maximum absolute atomic E-state index is 8.31. The van der Waals surface area contributed by atoms with Gasteiger partial charge in [0.25, 0.3) is 0 Å². The Labute approximate surface area is 71.9 Å². The van der Waals surface area contributed by atoms with Crippen molar-refractivity contribution in [2.45, 2.75) is 20.3 Å². The Morgan fingerprint density at radius 3 is 2.82 bits per heavy atom. The van der Waals surface area contributed by atoms with Gasteiger partial charge in [-0.2, -0.15) is 5.26 Å². The zero-order chi connectivity index (χ0) is 8.53. The molecular weight excluding hydrogens is 158 g/mol. The minimum Gasteiger partial charge on any atom is -0.272 e. The van der Waals surface area contributed by atoms with E-state index >= 15 is 0 Å². The van der Waals surface area contributed by atoms with E-state index in [0.29, 0.717) is 0 Å². The fraction of sp³-hybridized carbons (Fsp3) is 0.714. The second kappa shape index (κ2) is 7.42. The molecule has 0 saturated carbocycles. The minimum atomic E-state index is 0.733. The van der Waals surface area contributed by atoms with Crippen LogP contribution in [0.2, 0.25) is 0 Å². The molecule has 0 unspecified atom stereocenters. The lowest BCUT2D eigenvalue weighted by Crippen LogP contribution is -2.14. The first-order valence-electron chi connectivity index (χ1n) is 3.67. The van der Waals surface area contributed by atoms with Gasteiger partial charge < -0.3 is 0 Å². The lowest BCUT2D eigenvalue weighted by molar-refractivity contribution is 0.929. The van der Waals surface area contributed by atoms with E-state index < -0.39 is 0 Å². The number of hydrogen-bond donors (Lipinski definition) is 1. The highest BCUT2D eigenvalue weighted by molar-refractivity contribution is 8.13. The SMILES string of the molecule is CCCN=C(NC#N)SCC. The van der Waals surface area contributed by atoms with Crippen LogP contribution in [-0.2, 0) is 0 Å². The molecule has 0 spiro atoms. The molecule has 3 nitrogen and oxygen atoms in total. The summed E-state index contributed by atoms with van der Waals surface area (Å²) >= 11 is 1.56. The topological polar surface area (TPSA) is 48.2 Å². The van der Waals surface area contributed by atoms with Crippen LogP contribution in [-0.4, -0.2) is 17.5 Å². The highest BCUT2D eigenvalue weighted by Gasteiger charge is 1.94. The first-order chi connectivity index (χ1) is 5.35. The van der Waals surface area contributed by atoms with Gasteiger partial charge >= 0.3 is 0 Å². The van der Waals surface area contributed by atoms with E-state index in [1.165, 1.54) is 0 Å². The molecule has 0 heterocycles. The van der Waals surface area contributed by atoms with Crippen molar-refractivity contribution >= 4 is 16.9 Å². The summed E-state index contributed by atoms with van der Waals surface area (Å²) in [5.74, 6) is 0.942. The largest absolute Gasteiger partial charge is 0.272 e. The van der Waals surface area contributed by atoms with E-state index in [4.69, 9.17) is 5.26 Å². The molecule has 0 rings (SSSR count). The number of nitriles is 1. The van der Waals surface area contributed by atoms with Crippen LogP contribution in [0.4, 0.5) is 0 Å². The van der Waals surface area contributed by atoms with Gasteiger partial charge in [-0.3, -0.25) is 10.3 Å². The summed E-state index contributed by atoms with van der Waals surface area (Å²) in [5.41, 5.74) is 0. The molecule has 0 radical (unpaired) electrons. The minimum absolute atomic E-state index is 0.733. The van der Waals surface area contributed by atoms with Gasteiger partial charge in [-0.15, -0.1) is 0 Å². The summed E-state index contributed by atoms with van der Waals surface area (Å²) in [4.78, 5) is 4.17. The lowest BCUT2D eigenvalue weighted by Gasteiger charge is -1.99. The second-order valence-corrected chi connectivity index (χ2v) is 3.11. The highest BCUT2D eigenvalue weighted by Crippen LogP contribution is 2.00. The molecule has 0 aliphatic rings. The summed E-state index contributed by atoms with van der Waals surface area (Å²) in [6.07, 6.45) is 2.87. The van der Waals surface area contributed by atoms with Crippen LogP contribution >= 0.6 is 11.8 Å². The Balaban J connectivity index is 3.78. The normalized spacial score (nSPS) is 10.8. The van der Waals surface area contributed by atoms with Crippen LogP contribution < -0.4 is 5.32 Å². The number of amidine groups is 1. The van der Waals surface area contributed by atoms with Crippen LogP contribution in [0.15, 0.2) is 4.99 Å². The number of rotatable bonds is 3. The average molecular weight is 171 g/mol. The van der Waals surface area contributed by atoms with Crippen LogP contribution in [0.3, 0.4) is 0 Å². The van der Waals surface area contributed by atoms with Crippen molar-refractivity contribution in [1.82, 2.24) is 5.32 Å². The Hall–Kier alpha value is -0.690. The fourth-order valence-electron chi connectivity index (χ4n) is 0.519. The van der Waals surface area contributed by atoms with Crippen molar-refractivity contribution in [2.75, 3.05) is 12.3 Å². The summed E-state index contributed by atoms with van der Waals surface area (Å²) in [6, 6.07) is 0. The molecule has 11 heavy (non-hydrogen) atoms. The summed E-state index contributed by atoms with van der Waals surface area (Å²) < 4.78 is 0. The summed E-state index contributed by atoms with van der Waals surface area (Å²) in [6.45, 7) is 4.88. The van der Waals surface area contributed by atoms with Gasteiger partial charge in [0.2, 0.25) is 0 Å². The molecule has 62 valence electrons. The fourth-order valence-corrected chi connectivity index (χ4v) is 1.09. The van der Waals surface area contributed by atoms with Crippen molar-refractivity contribution in [3.63, 3.8) is 0 Å². The van der Waals surface area contributed by atoms with Gasteiger partial charge in [-0.1, -0.05) is 25.6 Å². The number of nitrogens with zero attached hydrogens (tertiary/aromatic N) is 2. The van der Waals surface area contributed by atoms with Crippen LogP contribution in [0.5, 0.6) is 0 Å². The quantitative estimate of drug-likeness (QED) is 0.303. The number of aliphatic imine (C=N–C) groups is 1. The molecule has 0 aromatic rings. The van der Waals surface area contributed by atoms with E-state index in [2.05, 4.69) is 17.2 Å². The molecule has 0 aromatic heterocycles. The zero-order valence-corrected chi connectivity index (χ0v) is 7.74. The van der Waals surface area contributed by atoms with Crippen LogP contribution in [0.25, 0.3) is 0 Å². The molecule has 0 fully saturated rings. The lowest BCUT2D eigenvalue weighted by atomic mass is 10.5. The molecule has 0 aliphatic carbocycles. The molecule has 0 aliphatic heterocycles. The Bertz CT molecular complexity index is 160. The highest BCUT2D eigenvalue weighted by atomic mass is 32.2. The van der Waals surface area contributed by atoms with Crippen LogP contribution in [0.1, 0.15) is 20.3 Å². The third-order valence-corrected chi connectivity index (χ3v) is 1.72. The van der Waals surface area contributed by atoms with Crippen LogP contribution in [0, 0.1) is 11.5 Å². The number of hydrogen-bond acceptors (Lipinski definition) is 3. The summed E-state index contributed by atoms with van der Waals surface area (Å²) in [7, 11) is 0. The summed E-state index contributed by atoms with van der Waals surface area (Å²) in [5, 5.41) is 11.6. The van der Waals surface area contributed by atoms with E-state index in [-0.39, 0.29) is 0 Å². The van der Waals surface area contributed by atoms with Gasteiger partial charge in [0, 0.05) is 6.54 Å². The first kappa shape index (κ1) is 10.3. The number of thioether (sulfide) groups is 1. The Morgan fingerprint density at radius 2 is 2.36 bits per heavy atom. The molecule has 4 heteroatoms. The van der Waals surface area contributed by atoms with E-state index in [1.807, 2.05) is 13.1 Å². The van der Waals surface area contributed by atoms with Gasteiger partial charge in [0.15, 0.2) is 11.4 Å². The van der Waals surface area contributed by atoms with Crippen molar-refractivity contribution < 1.29 is 0 Å². The van der Waals surface area contributed by atoms with E-state index in [0.717, 1.165) is 23.9 Å². The monoisotopic (exact) mass is 171 g/mol. The molecule has 1 N–H and O–H groups in total. The molecule has 0 aromatic carbocycles. The van der Waals surface area contributed by atoms with Crippen molar-refractivity contribution in [1.29, 1.82) is 5.26 Å².